The van der Waals surface area contributed by atoms with Crippen LogP contribution in [-0.2, 0) is 4.74 Å². The van der Waals surface area contributed by atoms with Crippen LogP contribution in [-0.4, -0.2) is 18.1 Å². The zero-order valence-corrected chi connectivity index (χ0v) is 10.8. The number of pyridine rings is 1. The van der Waals surface area contributed by atoms with Crippen LogP contribution in [0.5, 0.6) is 5.75 Å². The molecule has 1 atom stereocenters. The Morgan fingerprint density at radius 3 is 3.00 bits per heavy atom. The number of fused-ring (bicyclic) bond motifs is 1. The van der Waals surface area contributed by atoms with E-state index in [2.05, 4.69) is 10.3 Å². The monoisotopic (exact) mass is 271 g/mol. The normalized spacial score (nSPS) is 15.9. The summed E-state index contributed by atoms with van der Waals surface area (Å²) in [6, 6.07) is 8.84. The van der Waals surface area contributed by atoms with Crippen LogP contribution in [0.3, 0.4) is 0 Å². The van der Waals surface area contributed by atoms with Crippen LogP contribution < -0.4 is 15.8 Å². The lowest BCUT2D eigenvalue weighted by molar-refractivity contribution is 0.0595. The van der Waals surface area contributed by atoms with Gasteiger partial charge in [0.1, 0.15) is 11.4 Å². The summed E-state index contributed by atoms with van der Waals surface area (Å²) in [6.45, 7) is 0. The van der Waals surface area contributed by atoms with Gasteiger partial charge in [-0.1, -0.05) is 6.07 Å². The molecule has 3 rings (SSSR count). The van der Waals surface area contributed by atoms with E-state index in [1.165, 1.54) is 7.11 Å². The number of nitrogens with zero attached hydrogens (tertiary/aromatic N) is 1. The van der Waals surface area contributed by atoms with Crippen molar-refractivity contribution in [2.75, 3.05) is 18.2 Å². The van der Waals surface area contributed by atoms with Gasteiger partial charge in [-0.2, -0.15) is 0 Å². The molecule has 0 saturated heterocycles. The second-order valence-corrected chi connectivity index (χ2v) is 4.29. The minimum Gasteiger partial charge on any atom is -0.465 e. The Kier molecular flexibility index (Phi) is 2.90. The predicted octanol–water partition coefficient (Wildman–Crippen LogP) is 1.95. The van der Waals surface area contributed by atoms with Gasteiger partial charge >= 0.3 is 5.97 Å². The Hall–Kier alpha value is -2.76. The number of carbonyl (C=O) groups is 1. The van der Waals surface area contributed by atoms with Gasteiger partial charge in [0, 0.05) is 6.20 Å². The molecule has 2 heterocycles. The molecule has 0 amide bonds. The van der Waals surface area contributed by atoms with Gasteiger partial charge < -0.3 is 20.5 Å². The lowest BCUT2D eigenvalue weighted by Gasteiger charge is -2.13. The molecule has 1 aliphatic heterocycles. The van der Waals surface area contributed by atoms with Crippen molar-refractivity contribution in [2.45, 2.75) is 6.23 Å². The van der Waals surface area contributed by atoms with Gasteiger partial charge in [0.2, 0.25) is 0 Å². The number of carbonyl (C=O) groups excluding carboxylic acids is 1. The lowest BCUT2D eigenvalue weighted by atomic mass is 10.2. The number of hydrogen-bond donors (Lipinski definition) is 2. The van der Waals surface area contributed by atoms with E-state index in [9.17, 15) is 4.79 Å². The van der Waals surface area contributed by atoms with Crippen molar-refractivity contribution in [1.82, 2.24) is 4.98 Å². The summed E-state index contributed by atoms with van der Waals surface area (Å²) in [5.41, 5.74) is 7.66. The Morgan fingerprint density at radius 1 is 1.40 bits per heavy atom. The Morgan fingerprint density at radius 2 is 2.25 bits per heavy atom. The molecule has 1 unspecified atom stereocenters. The number of anilines is 2. The fraction of sp³-hybridized carbons (Fsp3) is 0.143. The van der Waals surface area contributed by atoms with E-state index in [1.54, 1.807) is 24.4 Å². The maximum Gasteiger partial charge on any atom is 0.341 e. The first kappa shape index (κ1) is 12.3. The van der Waals surface area contributed by atoms with Crippen LogP contribution in [0.4, 0.5) is 11.5 Å². The van der Waals surface area contributed by atoms with Crippen LogP contribution >= 0.6 is 0 Å². The number of benzene rings is 1. The number of nitrogens with one attached hydrogen (secondary N) is 1. The predicted molar refractivity (Wildman–Crippen MR) is 73.4 cm³/mol. The lowest BCUT2D eigenvalue weighted by Crippen LogP contribution is -2.13. The van der Waals surface area contributed by atoms with Crippen molar-refractivity contribution >= 4 is 17.5 Å². The zero-order valence-electron chi connectivity index (χ0n) is 10.8. The molecule has 0 aliphatic carbocycles. The number of esters is 1. The summed E-state index contributed by atoms with van der Waals surface area (Å²) < 4.78 is 10.5. The Labute approximate surface area is 115 Å². The van der Waals surface area contributed by atoms with Gasteiger partial charge in [0.25, 0.3) is 0 Å². The summed E-state index contributed by atoms with van der Waals surface area (Å²) in [4.78, 5) is 15.7. The summed E-state index contributed by atoms with van der Waals surface area (Å²) in [5, 5.41) is 3.16. The summed E-state index contributed by atoms with van der Waals surface area (Å²) in [7, 11) is 1.33. The molecule has 3 N–H and O–H groups in total. The number of methoxy groups -OCH3 is 1. The molecule has 1 aliphatic rings. The zero-order chi connectivity index (χ0) is 14.1. The fourth-order valence-electron chi connectivity index (χ4n) is 2.13. The van der Waals surface area contributed by atoms with E-state index in [-0.39, 0.29) is 0 Å². The SMILES string of the molecule is COC(=O)c1cccc2c1OC(c1cccnc1N)N2. The molecule has 1 aromatic carbocycles. The van der Waals surface area contributed by atoms with Crippen LogP contribution in [0, 0.1) is 0 Å². The van der Waals surface area contributed by atoms with Crippen molar-refractivity contribution in [3.05, 3.63) is 47.7 Å². The average Bonchev–Trinajstić information content (AvgIpc) is 2.90. The molecule has 0 saturated carbocycles. The second kappa shape index (κ2) is 4.73. The van der Waals surface area contributed by atoms with E-state index in [1.807, 2.05) is 12.1 Å². The first-order chi connectivity index (χ1) is 9.70. The summed E-state index contributed by atoms with van der Waals surface area (Å²) >= 11 is 0. The van der Waals surface area contributed by atoms with E-state index in [0.717, 1.165) is 11.3 Å². The number of nitrogens with two attached hydrogens (primary N) is 1. The topological polar surface area (TPSA) is 86.5 Å². The molecule has 6 nitrogen and oxygen atoms in total. The molecule has 0 bridgehead atoms. The third-order valence-corrected chi connectivity index (χ3v) is 3.10. The first-order valence-electron chi connectivity index (χ1n) is 6.05. The molecule has 0 spiro atoms. The van der Waals surface area contributed by atoms with Gasteiger partial charge in [-0.3, -0.25) is 0 Å². The number of ether oxygens (including phenoxy) is 2. The smallest absolute Gasteiger partial charge is 0.341 e. The molecular weight excluding hydrogens is 258 g/mol. The standard InChI is InChI=1S/C14H13N3O3/c1-19-14(18)8-4-2-6-10-11(8)20-13(17-10)9-5-3-7-16-12(9)15/h2-7,13,17H,1H3,(H2,15,16). The maximum absolute atomic E-state index is 11.7. The Bertz CT molecular complexity index is 672. The van der Waals surface area contributed by atoms with Crippen molar-refractivity contribution < 1.29 is 14.3 Å². The van der Waals surface area contributed by atoms with Gasteiger partial charge in [-0.15, -0.1) is 0 Å². The van der Waals surface area contributed by atoms with Gasteiger partial charge in [0.05, 0.1) is 18.4 Å². The van der Waals surface area contributed by atoms with Gasteiger partial charge in [-0.25, -0.2) is 9.78 Å². The van der Waals surface area contributed by atoms with Crippen molar-refractivity contribution in [1.29, 1.82) is 0 Å². The number of nitrogen functional groups attached to an aromatic ring is 1. The first-order valence-corrected chi connectivity index (χ1v) is 6.05. The number of para-hydroxylation sites is 1. The highest BCUT2D eigenvalue weighted by atomic mass is 16.5. The van der Waals surface area contributed by atoms with E-state index >= 15 is 0 Å². The third-order valence-electron chi connectivity index (χ3n) is 3.10. The molecule has 1 aromatic heterocycles. The fourth-order valence-corrected chi connectivity index (χ4v) is 2.13. The number of aromatic nitrogens is 1. The van der Waals surface area contributed by atoms with Gasteiger partial charge in [0.15, 0.2) is 12.0 Å². The van der Waals surface area contributed by atoms with Crippen molar-refractivity contribution in [3.63, 3.8) is 0 Å². The van der Waals surface area contributed by atoms with Crippen molar-refractivity contribution in [3.8, 4) is 5.75 Å². The van der Waals surface area contributed by atoms with E-state index in [4.69, 9.17) is 15.2 Å². The Balaban J connectivity index is 1.97. The average molecular weight is 271 g/mol. The van der Waals surface area contributed by atoms with Crippen LogP contribution in [0.25, 0.3) is 0 Å². The molecule has 20 heavy (non-hydrogen) atoms. The molecule has 0 radical (unpaired) electrons. The summed E-state index contributed by atoms with van der Waals surface area (Å²) in [5.74, 6) is 0.411. The maximum atomic E-state index is 11.7. The molecule has 102 valence electrons. The molecule has 0 fully saturated rings. The van der Waals surface area contributed by atoms with E-state index < -0.39 is 12.2 Å². The molecule has 6 heteroatoms. The summed E-state index contributed by atoms with van der Waals surface area (Å²) in [6.07, 6.45) is 1.14. The number of rotatable bonds is 2. The van der Waals surface area contributed by atoms with Gasteiger partial charge in [-0.05, 0) is 24.3 Å². The largest absolute Gasteiger partial charge is 0.465 e. The van der Waals surface area contributed by atoms with Crippen LogP contribution in [0.1, 0.15) is 22.1 Å². The van der Waals surface area contributed by atoms with Crippen LogP contribution in [0.2, 0.25) is 0 Å². The second-order valence-electron chi connectivity index (χ2n) is 4.29. The third kappa shape index (κ3) is 1.91. The van der Waals surface area contributed by atoms with Crippen LogP contribution in [0.15, 0.2) is 36.5 Å². The highest BCUT2D eigenvalue weighted by Gasteiger charge is 2.29. The highest BCUT2D eigenvalue weighted by molar-refractivity contribution is 5.95. The van der Waals surface area contributed by atoms with Crippen molar-refractivity contribution in [2.24, 2.45) is 0 Å². The quantitative estimate of drug-likeness (QED) is 0.812. The van der Waals surface area contributed by atoms with E-state index in [0.29, 0.717) is 17.1 Å². The number of hydrogen-bond acceptors (Lipinski definition) is 6. The highest BCUT2D eigenvalue weighted by Crippen LogP contribution is 2.41. The minimum absolute atomic E-state index is 0.377. The molecule has 2 aromatic rings. The minimum atomic E-state index is -0.468. The molecular formula is C14H13N3O3.